The molecular formula is C15H15BrClIN2. The molecule has 1 heterocycles. The first-order valence-corrected chi connectivity index (χ1v) is 8.50. The van der Waals surface area contributed by atoms with Crippen LogP contribution in [-0.2, 0) is 11.8 Å². The van der Waals surface area contributed by atoms with Crippen molar-refractivity contribution in [1.29, 1.82) is 0 Å². The molecule has 0 N–H and O–H groups in total. The van der Waals surface area contributed by atoms with Crippen LogP contribution in [0.3, 0.4) is 0 Å². The Morgan fingerprint density at radius 1 is 1.20 bits per heavy atom. The molecule has 0 amide bonds. The zero-order valence-electron chi connectivity index (χ0n) is 11.5. The summed E-state index contributed by atoms with van der Waals surface area (Å²) in [6.45, 7) is 6.40. The van der Waals surface area contributed by atoms with Gasteiger partial charge in [0.2, 0.25) is 0 Å². The van der Waals surface area contributed by atoms with Gasteiger partial charge in [0.05, 0.1) is 9.26 Å². The van der Waals surface area contributed by atoms with Gasteiger partial charge in [-0.3, -0.25) is 0 Å². The van der Waals surface area contributed by atoms with E-state index in [0.29, 0.717) is 11.6 Å². The maximum absolute atomic E-state index is 6.26. The van der Waals surface area contributed by atoms with Crippen LogP contribution in [-0.4, -0.2) is 9.97 Å². The number of hydrogen-bond donors (Lipinski definition) is 0. The summed E-state index contributed by atoms with van der Waals surface area (Å²) in [5, 5.41) is 0.535. The van der Waals surface area contributed by atoms with E-state index in [-0.39, 0.29) is 5.41 Å². The minimum atomic E-state index is -0.0498. The third kappa shape index (κ3) is 3.71. The summed E-state index contributed by atoms with van der Waals surface area (Å²) in [7, 11) is 0. The minimum Gasteiger partial charge on any atom is -0.236 e. The first kappa shape index (κ1) is 16.2. The van der Waals surface area contributed by atoms with Crippen LogP contribution in [0.4, 0.5) is 0 Å². The van der Waals surface area contributed by atoms with Crippen molar-refractivity contribution in [3.8, 4) is 0 Å². The van der Waals surface area contributed by atoms with E-state index < -0.39 is 0 Å². The third-order valence-electron chi connectivity index (χ3n) is 2.87. The first-order chi connectivity index (χ1) is 9.29. The molecule has 106 valence electrons. The molecule has 2 rings (SSSR count). The second kappa shape index (κ2) is 6.28. The van der Waals surface area contributed by atoms with Crippen LogP contribution < -0.4 is 0 Å². The number of nitrogens with zero attached hydrogens (tertiary/aromatic N) is 2. The highest BCUT2D eigenvalue weighted by molar-refractivity contribution is 14.1. The topological polar surface area (TPSA) is 25.8 Å². The van der Waals surface area contributed by atoms with Crippen LogP contribution in [0.5, 0.6) is 0 Å². The Kier molecular flexibility index (Phi) is 5.08. The van der Waals surface area contributed by atoms with E-state index in [1.165, 1.54) is 0 Å². The lowest BCUT2D eigenvalue weighted by Gasteiger charge is -2.20. The fourth-order valence-electron chi connectivity index (χ4n) is 1.85. The molecule has 0 aliphatic carbocycles. The van der Waals surface area contributed by atoms with Crippen LogP contribution in [0, 0.1) is 3.57 Å². The summed E-state index contributed by atoms with van der Waals surface area (Å²) in [5.74, 6) is 0.757. The van der Waals surface area contributed by atoms with E-state index in [2.05, 4.69) is 70.3 Å². The summed E-state index contributed by atoms with van der Waals surface area (Å²) < 4.78 is 2.00. The van der Waals surface area contributed by atoms with Gasteiger partial charge in [-0.05, 0) is 34.2 Å². The largest absolute Gasteiger partial charge is 0.236 e. The average molecular weight is 466 g/mol. The molecule has 1 aromatic carbocycles. The van der Waals surface area contributed by atoms with Gasteiger partial charge in [0.1, 0.15) is 11.0 Å². The number of aromatic nitrogens is 2. The number of benzene rings is 1. The van der Waals surface area contributed by atoms with E-state index in [9.17, 15) is 0 Å². The van der Waals surface area contributed by atoms with Crippen LogP contribution in [0.15, 0.2) is 28.7 Å². The standard InChI is InChI=1S/C15H15BrClIN2/c1-15(2,3)13-12(18)14(17)20-11(19-13)8-9-6-4-5-7-10(9)16/h4-7H,8H2,1-3H3. The highest BCUT2D eigenvalue weighted by Crippen LogP contribution is 2.30. The smallest absolute Gasteiger partial charge is 0.146 e. The van der Waals surface area contributed by atoms with Crippen molar-refractivity contribution in [1.82, 2.24) is 9.97 Å². The van der Waals surface area contributed by atoms with Gasteiger partial charge < -0.3 is 0 Å². The first-order valence-electron chi connectivity index (χ1n) is 6.25. The highest BCUT2D eigenvalue weighted by Gasteiger charge is 2.22. The average Bonchev–Trinajstić information content (AvgIpc) is 2.35. The second-order valence-electron chi connectivity index (χ2n) is 5.61. The second-order valence-corrected chi connectivity index (χ2v) is 7.90. The van der Waals surface area contributed by atoms with Gasteiger partial charge in [-0.2, -0.15) is 0 Å². The molecule has 0 bridgehead atoms. The normalized spacial score (nSPS) is 11.7. The third-order valence-corrected chi connectivity index (χ3v) is 5.26. The SMILES string of the molecule is CC(C)(C)c1nc(Cc2ccccc2Br)nc(Cl)c1I. The predicted octanol–water partition coefficient (Wildman–Crippen LogP) is 5.39. The van der Waals surface area contributed by atoms with Crippen molar-refractivity contribution in [2.24, 2.45) is 0 Å². The summed E-state index contributed by atoms with van der Waals surface area (Å²) in [6.07, 6.45) is 0.668. The van der Waals surface area contributed by atoms with Gasteiger partial charge in [-0.1, -0.05) is 66.5 Å². The van der Waals surface area contributed by atoms with Crippen LogP contribution >= 0.6 is 50.1 Å². The van der Waals surface area contributed by atoms with Crippen molar-refractivity contribution in [3.63, 3.8) is 0 Å². The van der Waals surface area contributed by atoms with Crippen LogP contribution in [0.2, 0.25) is 5.15 Å². The van der Waals surface area contributed by atoms with Crippen LogP contribution in [0.25, 0.3) is 0 Å². The molecule has 1 aromatic heterocycles. The lowest BCUT2D eigenvalue weighted by atomic mass is 9.92. The molecule has 20 heavy (non-hydrogen) atoms. The van der Waals surface area contributed by atoms with E-state index in [4.69, 9.17) is 16.6 Å². The van der Waals surface area contributed by atoms with Crippen molar-refractivity contribution >= 4 is 50.1 Å². The van der Waals surface area contributed by atoms with Gasteiger partial charge >= 0.3 is 0 Å². The lowest BCUT2D eigenvalue weighted by molar-refractivity contribution is 0.558. The molecule has 2 nitrogen and oxygen atoms in total. The quantitative estimate of drug-likeness (QED) is 0.439. The Hall–Kier alpha value is -0.200. The van der Waals surface area contributed by atoms with Crippen molar-refractivity contribution < 1.29 is 0 Å². The molecule has 0 saturated carbocycles. The maximum Gasteiger partial charge on any atom is 0.146 e. The Balaban J connectivity index is 2.44. The molecule has 0 radical (unpaired) electrons. The summed E-state index contributed by atoms with van der Waals surface area (Å²) >= 11 is 12.0. The van der Waals surface area contributed by atoms with Gasteiger partial charge in [-0.25, -0.2) is 9.97 Å². The van der Waals surface area contributed by atoms with Gasteiger partial charge in [0.25, 0.3) is 0 Å². The number of halogens is 3. The predicted molar refractivity (Wildman–Crippen MR) is 95.4 cm³/mol. The van der Waals surface area contributed by atoms with Crippen molar-refractivity contribution in [2.45, 2.75) is 32.6 Å². The molecule has 0 aliphatic heterocycles. The molecular weight excluding hydrogens is 450 g/mol. The van der Waals surface area contributed by atoms with Gasteiger partial charge in [-0.15, -0.1) is 0 Å². The van der Waals surface area contributed by atoms with E-state index in [0.717, 1.165) is 25.1 Å². The molecule has 2 aromatic rings. The Morgan fingerprint density at radius 2 is 1.85 bits per heavy atom. The van der Waals surface area contributed by atoms with Crippen molar-refractivity contribution in [3.05, 3.63) is 54.5 Å². The summed E-state index contributed by atoms with van der Waals surface area (Å²) in [6, 6.07) is 8.10. The maximum atomic E-state index is 6.26. The fraction of sp³-hybridized carbons (Fsp3) is 0.333. The molecule has 0 atom stereocenters. The minimum absolute atomic E-state index is 0.0498. The number of hydrogen-bond acceptors (Lipinski definition) is 2. The van der Waals surface area contributed by atoms with E-state index in [1.807, 2.05) is 18.2 Å². The Bertz CT molecular complexity index is 638. The summed E-state index contributed by atoms with van der Waals surface area (Å²) in [5.41, 5.74) is 2.11. The molecule has 0 saturated heterocycles. The zero-order chi connectivity index (χ0) is 14.9. The molecule has 0 fully saturated rings. The fourth-order valence-corrected chi connectivity index (χ4v) is 3.51. The molecule has 0 unspecified atom stereocenters. The molecule has 0 aliphatic rings. The van der Waals surface area contributed by atoms with E-state index >= 15 is 0 Å². The molecule has 0 spiro atoms. The van der Waals surface area contributed by atoms with E-state index in [1.54, 1.807) is 0 Å². The van der Waals surface area contributed by atoms with Crippen molar-refractivity contribution in [2.75, 3.05) is 0 Å². The number of rotatable bonds is 2. The van der Waals surface area contributed by atoms with Crippen LogP contribution in [0.1, 0.15) is 37.9 Å². The Labute approximate surface area is 146 Å². The monoisotopic (exact) mass is 464 g/mol. The van der Waals surface area contributed by atoms with Gasteiger partial charge in [0, 0.05) is 16.3 Å². The Morgan fingerprint density at radius 3 is 2.45 bits per heavy atom. The molecule has 5 heteroatoms. The summed E-state index contributed by atoms with van der Waals surface area (Å²) in [4.78, 5) is 9.13. The van der Waals surface area contributed by atoms with Gasteiger partial charge in [0.15, 0.2) is 0 Å². The zero-order valence-corrected chi connectivity index (χ0v) is 16.0. The lowest BCUT2D eigenvalue weighted by Crippen LogP contribution is -2.18. The highest BCUT2D eigenvalue weighted by atomic mass is 127.